The van der Waals surface area contributed by atoms with E-state index < -0.39 is 0 Å². The summed E-state index contributed by atoms with van der Waals surface area (Å²) in [6.07, 6.45) is 12.2. The Hall–Kier alpha value is -0.610. The highest BCUT2D eigenvalue weighted by Crippen LogP contribution is 2.11. The van der Waals surface area contributed by atoms with Gasteiger partial charge < -0.3 is 15.4 Å². The third kappa shape index (κ3) is 12.8. The Balaban J connectivity index is 3.53. The zero-order valence-corrected chi connectivity index (χ0v) is 14.2. The van der Waals surface area contributed by atoms with Gasteiger partial charge in [-0.2, -0.15) is 0 Å². The van der Waals surface area contributed by atoms with Crippen LogP contribution in [0.4, 0.5) is 0 Å². The molecule has 126 valence electrons. The molecule has 0 spiro atoms. The number of amides is 1. The lowest BCUT2D eigenvalue weighted by atomic mass is 10.1. The van der Waals surface area contributed by atoms with Crippen molar-refractivity contribution < 1.29 is 9.53 Å². The van der Waals surface area contributed by atoms with E-state index in [0.29, 0.717) is 32.7 Å². The normalized spacial score (nSPS) is 10.8. The van der Waals surface area contributed by atoms with Gasteiger partial charge in [-0.05, 0) is 6.42 Å². The van der Waals surface area contributed by atoms with Crippen LogP contribution in [0.5, 0.6) is 0 Å². The Morgan fingerprint density at radius 3 is 2.05 bits per heavy atom. The fourth-order valence-electron chi connectivity index (χ4n) is 2.46. The van der Waals surface area contributed by atoms with Gasteiger partial charge in [-0.15, -0.1) is 0 Å². The van der Waals surface area contributed by atoms with Crippen LogP contribution in [-0.2, 0) is 9.53 Å². The van der Waals surface area contributed by atoms with Gasteiger partial charge in [0.25, 0.3) is 0 Å². The van der Waals surface area contributed by atoms with Crippen LogP contribution >= 0.6 is 0 Å². The van der Waals surface area contributed by atoms with Gasteiger partial charge in [-0.3, -0.25) is 4.79 Å². The molecule has 21 heavy (non-hydrogen) atoms. The van der Waals surface area contributed by atoms with Gasteiger partial charge in [0.15, 0.2) is 0 Å². The predicted molar refractivity (Wildman–Crippen MR) is 89.4 cm³/mol. The van der Waals surface area contributed by atoms with Crippen molar-refractivity contribution in [2.75, 3.05) is 33.4 Å². The molecule has 0 radical (unpaired) electrons. The highest BCUT2D eigenvalue weighted by molar-refractivity contribution is 5.76. The number of hydrogen-bond donors (Lipinski definition) is 1. The van der Waals surface area contributed by atoms with E-state index in [4.69, 9.17) is 10.5 Å². The van der Waals surface area contributed by atoms with Crippen LogP contribution in [0.25, 0.3) is 0 Å². The summed E-state index contributed by atoms with van der Waals surface area (Å²) in [5.74, 6) is 0.223. The van der Waals surface area contributed by atoms with Crippen LogP contribution in [0.2, 0.25) is 0 Å². The Kier molecular flexibility index (Phi) is 15.3. The van der Waals surface area contributed by atoms with Crippen LogP contribution in [-0.4, -0.2) is 44.2 Å². The van der Waals surface area contributed by atoms with Crippen molar-refractivity contribution in [3.63, 3.8) is 0 Å². The molecule has 4 nitrogen and oxygen atoms in total. The summed E-state index contributed by atoms with van der Waals surface area (Å²) in [7, 11) is 1.66. The summed E-state index contributed by atoms with van der Waals surface area (Å²) >= 11 is 0. The molecule has 0 saturated carbocycles. The molecule has 1 amide bonds. The number of ether oxygens (including phenoxy) is 1. The molecule has 4 heteroatoms. The van der Waals surface area contributed by atoms with Crippen molar-refractivity contribution in [2.24, 2.45) is 5.73 Å². The van der Waals surface area contributed by atoms with E-state index in [1.165, 1.54) is 51.4 Å². The molecule has 0 aliphatic heterocycles. The molecule has 0 aromatic carbocycles. The maximum absolute atomic E-state index is 12.1. The third-order valence-electron chi connectivity index (χ3n) is 3.81. The van der Waals surface area contributed by atoms with E-state index in [-0.39, 0.29) is 5.91 Å². The molecule has 0 aromatic rings. The van der Waals surface area contributed by atoms with Crippen molar-refractivity contribution in [1.82, 2.24) is 4.90 Å². The summed E-state index contributed by atoms with van der Waals surface area (Å²) in [5, 5.41) is 0. The average molecular weight is 300 g/mol. The van der Waals surface area contributed by atoms with Gasteiger partial charge >= 0.3 is 0 Å². The zero-order valence-electron chi connectivity index (χ0n) is 14.2. The average Bonchev–Trinajstić information content (AvgIpc) is 2.49. The highest BCUT2D eigenvalue weighted by atomic mass is 16.5. The van der Waals surface area contributed by atoms with Crippen LogP contribution in [0.1, 0.15) is 71.1 Å². The Labute approximate surface area is 131 Å². The quantitative estimate of drug-likeness (QED) is 0.472. The number of methoxy groups -OCH3 is 1. The molecule has 0 bridgehead atoms. The standard InChI is InChI=1S/C17H36N2O2/c1-3-4-5-6-7-8-9-10-11-12-17(20)19(14-13-18)15-16-21-2/h3-16,18H2,1-2H3. The number of nitrogens with zero attached hydrogens (tertiary/aromatic N) is 1. The van der Waals surface area contributed by atoms with Gasteiger partial charge in [0, 0.05) is 33.2 Å². The third-order valence-corrected chi connectivity index (χ3v) is 3.81. The number of nitrogens with two attached hydrogens (primary N) is 1. The molecule has 0 fully saturated rings. The Bertz CT molecular complexity index is 235. The molecule has 0 unspecified atom stereocenters. The molecular weight excluding hydrogens is 264 g/mol. The minimum absolute atomic E-state index is 0.223. The molecule has 0 aliphatic carbocycles. The van der Waals surface area contributed by atoms with E-state index in [0.717, 1.165) is 6.42 Å². The summed E-state index contributed by atoms with van der Waals surface area (Å²) in [4.78, 5) is 13.9. The predicted octanol–water partition coefficient (Wildman–Crippen LogP) is 3.34. The topological polar surface area (TPSA) is 55.6 Å². The fourth-order valence-corrected chi connectivity index (χ4v) is 2.46. The number of rotatable bonds is 15. The second-order valence-electron chi connectivity index (χ2n) is 5.74. The van der Waals surface area contributed by atoms with Crippen molar-refractivity contribution in [3.8, 4) is 0 Å². The smallest absolute Gasteiger partial charge is 0.222 e. The maximum Gasteiger partial charge on any atom is 0.222 e. The van der Waals surface area contributed by atoms with E-state index in [1.807, 2.05) is 4.90 Å². The van der Waals surface area contributed by atoms with Crippen molar-refractivity contribution in [1.29, 1.82) is 0 Å². The van der Waals surface area contributed by atoms with Gasteiger partial charge in [0.2, 0.25) is 5.91 Å². The lowest BCUT2D eigenvalue weighted by Crippen LogP contribution is -2.37. The molecule has 0 aliphatic rings. The van der Waals surface area contributed by atoms with E-state index >= 15 is 0 Å². The first-order valence-corrected chi connectivity index (χ1v) is 8.73. The molecular formula is C17H36N2O2. The number of unbranched alkanes of at least 4 members (excludes halogenated alkanes) is 8. The van der Waals surface area contributed by atoms with Gasteiger partial charge in [-0.25, -0.2) is 0 Å². The Morgan fingerprint density at radius 2 is 1.52 bits per heavy atom. The second kappa shape index (κ2) is 15.8. The molecule has 0 aromatic heterocycles. The largest absolute Gasteiger partial charge is 0.383 e. The fraction of sp³-hybridized carbons (Fsp3) is 0.941. The lowest BCUT2D eigenvalue weighted by Gasteiger charge is -2.21. The van der Waals surface area contributed by atoms with E-state index in [1.54, 1.807) is 7.11 Å². The summed E-state index contributed by atoms with van der Waals surface area (Å²) < 4.78 is 5.03. The zero-order chi connectivity index (χ0) is 15.8. The Morgan fingerprint density at radius 1 is 0.952 bits per heavy atom. The van der Waals surface area contributed by atoms with Crippen LogP contribution in [0.3, 0.4) is 0 Å². The molecule has 0 heterocycles. The molecule has 0 saturated heterocycles. The first-order chi connectivity index (χ1) is 10.3. The summed E-state index contributed by atoms with van der Waals surface area (Å²) in [6, 6.07) is 0. The first-order valence-electron chi connectivity index (χ1n) is 8.73. The van der Waals surface area contributed by atoms with Crippen molar-refractivity contribution in [3.05, 3.63) is 0 Å². The summed E-state index contributed by atoms with van der Waals surface area (Å²) in [5.41, 5.74) is 5.55. The second-order valence-corrected chi connectivity index (χ2v) is 5.74. The van der Waals surface area contributed by atoms with Gasteiger partial charge in [-0.1, -0.05) is 58.3 Å². The van der Waals surface area contributed by atoms with Crippen molar-refractivity contribution >= 4 is 5.91 Å². The lowest BCUT2D eigenvalue weighted by molar-refractivity contribution is -0.131. The van der Waals surface area contributed by atoms with Crippen LogP contribution in [0.15, 0.2) is 0 Å². The van der Waals surface area contributed by atoms with Gasteiger partial charge in [0.05, 0.1) is 6.61 Å². The number of carbonyl (C=O) groups is 1. The highest BCUT2D eigenvalue weighted by Gasteiger charge is 2.11. The molecule has 2 N–H and O–H groups in total. The molecule has 0 rings (SSSR count). The van der Waals surface area contributed by atoms with Crippen LogP contribution in [0, 0.1) is 0 Å². The summed E-state index contributed by atoms with van der Waals surface area (Å²) in [6.45, 7) is 4.65. The van der Waals surface area contributed by atoms with Crippen molar-refractivity contribution in [2.45, 2.75) is 71.1 Å². The monoisotopic (exact) mass is 300 g/mol. The minimum atomic E-state index is 0.223. The van der Waals surface area contributed by atoms with Gasteiger partial charge in [0.1, 0.15) is 0 Å². The van der Waals surface area contributed by atoms with E-state index in [2.05, 4.69) is 6.92 Å². The minimum Gasteiger partial charge on any atom is -0.383 e. The van der Waals surface area contributed by atoms with E-state index in [9.17, 15) is 4.79 Å². The number of carbonyl (C=O) groups excluding carboxylic acids is 1. The SMILES string of the molecule is CCCCCCCCCCCC(=O)N(CCN)CCOC. The number of hydrogen-bond acceptors (Lipinski definition) is 3. The molecule has 0 atom stereocenters. The van der Waals surface area contributed by atoms with Crippen LogP contribution < -0.4 is 5.73 Å². The first kappa shape index (κ1) is 20.4. The maximum atomic E-state index is 12.1.